The van der Waals surface area contributed by atoms with Gasteiger partial charge in [0.2, 0.25) is 11.2 Å². The zero-order valence-electron chi connectivity index (χ0n) is 13.0. The van der Waals surface area contributed by atoms with Crippen LogP contribution in [-0.2, 0) is 6.54 Å². The molecule has 124 valence electrons. The molecule has 6 heteroatoms. The van der Waals surface area contributed by atoms with Crippen LogP contribution in [0.3, 0.4) is 0 Å². The van der Waals surface area contributed by atoms with Gasteiger partial charge in [-0.05, 0) is 5.56 Å². The second-order valence-electron chi connectivity index (χ2n) is 5.65. The van der Waals surface area contributed by atoms with Crippen LogP contribution in [-0.4, -0.2) is 31.1 Å². The van der Waals surface area contributed by atoms with Crippen LogP contribution in [0.4, 0.5) is 0 Å². The average molecular weight is 337 g/mol. The lowest BCUT2D eigenvalue weighted by molar-refractivity contribution is 0.283. The Morgan fingerprint density at radius 1 is 1.30 bits per heavy atom. The van der Waals surface area contributed by atoms with Gasteiger partial charge in [0.1, 0.15) is 12.0 Å². The van der Waals surface area contributed by atoms with Crippen molar-refractivity contribution in [1.29, 1.82) is 0 Å². The van der Waals surface area contributed by atoms with E-state index >= 15 is 0 Å². The number of likely N-dealkylation sites (tertiary alicyclic amines) is 1. The quantitative estimate of drug-likeness (QED) is 0.924. The molecule has 2 atom stereocenters. The van der Waals surface area contributed by atoms with Crippen molar-refractivity contribution >= 4 is 12.4 Å². The van der Waals surface area contributed by atoms with Gasteiger partial charge < -0.3 is 14.9 Å². The molecule has 1 aromatic heterocycles. The van der Waals surface area contributed by atoms with E-state index in [0.29, 0.717) is 18.2 Å². The zero-order chi connectivity index (χ0) is 15.5. The molecule has 0 spiro atoms. The summed E-state index contributed by atoms with van der Waals surface area (Å²) >= 11 is 0. The summed E-state index contributed by atoms with van der Waals surface area (Å²) in [5.74, 6) is 1.17. The molecule has 2 aromatic rings. The highest BCUT2D eigenvalue weighted by molar-refractivity contribution is 5.85. The first kappa shape index (κ1) is 17.5. The van der Waals surface area contributed by atoms with Crippen molar-refractivity contribution in [3.05, 3.63) is 64.2 Å². The number of ether oxygens (including phenoxy) is 1. The Bertz CT molecular complexity index is 690. The summed E-state index contributed by atoms with van der Waals surface area (Å²) in [7, 11) is 1.45. The highest BCUT2D eigenvalue weighted by Gasteiger charge is 2.31. The molecule has 5 nitrogen and oxygen atoms in total. The van der Waals surface area contributed by atoms with Gasteiger partial charge in [0.25, 0.3) is 0 Å². The molecule has 0 amide bonds. The van der Waals surface area contributed by atoms with Crippen LogP contribution in [0.5, 0.6) is 5.75 Å². The van der Waals surface area contributed by atoms with E-state index in [9.17, 15) is 4.79 Å². The first-order valence-corrected chi connectivity index (χ1v) is 7.36. The highest BCUT2D eigenvalue weighted by Crippen LogP contribution is 2.27. The zero-order valence-corrected chi connectivity index (χ0v) is 13.8. The fourth-order valence-corrected chi connectivity index (χ4v) is 2.99. The number of hydrogen-bond acceptors (Lipinski definition) is 5. The summed E-state index contributed by atoms with van der Waals surface area (Å²) in [5, 5.41) is 0. The molecule has 3 rings (SSSR count). The van der Waals surface area contributed by atoms with Gasteiger partial charge in [-0.3, -0.25) is 9.69 Å². The van der Waals surface area contributed by atoms with Crippen LogP contribution in [0.1, 0.15) is 17.2 Å². The van der Waals surface area contributed by atoms with E-state index in [0.717, 1.165) is 13.1 Å². The standard InChI is InChI=1S/C17H20N2O3.ClH/c1-21-17-11-22-13(7-16(17)20)8-19-9-14(15(18)10-19)12-5-3-2-4-6-12;/h2-7,11,14-15H,8-10,18H2,1H3;1H/t14-,15+;/m0./s1. The van der Waals surface area contributed by atoms with Crippen molar-refractivity contribution in [2.45, 2.75) is 18.5 Å². The summed E-state index contributed by atoms with van der Waals surface area (Å²) in [6.07, 6.45) is 1.36. The topological polar surface area (TPSA) is 68.7 Å². The Labute approximate surface area is 141 Å². The Hall–Kier alpha value is -1.82. The van der Waals surface area contributed by atoms with Crippen LogP contribution in [0.25, 0.3) is 0 Å². The molecule has 1 aliphatic heterocycles. The van der Waals surface area contributed by atoms with Gasteiger partial charge in [0.05, 0.1) is 13.7 Å². The second-order valence-corrected chi connectivity index (χ2v) is 5.65. The minimum atomic E-state index is -0.160. The number of nitrogens with zero attached hydrogens (tertiary/aromatic N) is 1. The van der Waals surface area contributed by atoms with Gasteiger partial charge in [-0.2, -0.15) is 0 Å². The predicted octanol–water partition coefficient (Wildman–Crippen LogP) is 2.00. The Morgan fingerprint density at radius 2 is 2.04 bits per heavy atom. The summed E-state index contributed by atoms with van der Waals surface area (Å²) < 4.78 is 10.4. The fourth-order valence-electron chi connectivity index (χ4n) is 2.99. The van der Waals surface area contributed by atoms with Crippen molar-refractivity contribution in [3.63, 3.8) is 0 Å². The normalized spacial score (nSPS) is 21.0. The average Bonchev–Trinajstić information content (AvgIpc) is 2.89. The van der Waals surface area contributed by atoms with Crippen LogP contribution in [0, 0.1) is 0 Å². The van der Waals surface area contributed by atoms with E-state index in [4.69, 9.17) is 14.9 Å². The van der Waals surface area contributed by atoms with Crippen molar-refractivity contribution in [1.82, 2.24) is 4.90 Å². The van der Waals surface area contributed by atoms with Gasteiger partial charge in [-0.25, -0.2) is 0 Å². The maximum absolute atomic E-state index is 11.8. The predicted molar refractivity (Wildman–Crippen MR) is 91.2 cm³/mol. The third-order valence-corrected chi connectivity index (χ3v) is 4.12. The van der Waals surface area contributed by atoms with Crippen molar-refractivity contribution < 1.29 is 9.15 Å². The van der Waals surface area contributed by atoms with Gasteiger partial charge in [0.15, 0.2) is 0 Å². The molecule has 2 N–H and O–H groups in total. The molecule has 0 unspecified atom stereocenters. The monoisotopic (exact) mass is 336 g/mol. The second kappa shape index (κ2) is 7.64. The van der Waals surface area contributed by atoms with E-state index in [-0.39, 0.29) is 29.6 Å². The molecule has 0 bridgehead atoms. The highest BCUT2D eigenvalue weighted by atomic mass is 35.5. The van der Waals surface area contributed by atoms with Crippen molar-refractivity contribution in [2.24, 2.45) is 5.73 Å². The van der Waals surface area contributed by atoms with Crippen LogP contribution < -0.4 is 15.9 Å². The maximum atomic E-state index is 11.8. The molecule has 1 aliphatic rings. The number of halogens is 1. The van der Waals surface area contributed by atoms with E-state index in [2.05, 4.69) is 17.0 Å². The Morgan fingerprint density at radius 3 is 2.70 bits per heavy atom. The Kier molecular flexibility index (Phi) is 5.82. The first-order valence-electron chi connectivity index (χ1n) is 7.36. The van der Waals surface area contributed by atoms with Gasteiger partial charge in [0, 0.05) is 31.1 Å². The number of benzene rings is 1. The van der Waals surface area contributed by atoms with E-state index in [1.165, 1.54) is 25.0 Å². The molecule has 0 aliphatic carbocycles. The third-order valence-electron chi connectivity index (χ3n) is 4.12. The molecular formula is C17H21ClN2O3. The summed E-state index contributed by atoms with van der Waals surface area (Å²) in [5.41, 5.74) is 7.37. The minimum Gasteiger partial charge on any atom is -0.490 e. The maximum Gasteiger partial charge on any atom is 0.227 e. The smallest absolute Gasteiger partial charge is 0.227 e. The lowest BCUT2D eigenvalue weighted by Crippen LogP contribution is -2.28. The number of nitrogens with two attached hydrogens (primary N) is 1. The molecule has 1 aromatic carbocycles. The molecule has 0 saturated carbocycles. The summed E-state index contributed by atoms with van der Waals surface area (Å²) in [6, 6.07) is 11.9. The van der Waals surface area contributed by atoms with Gasteiger partial charge >= 0.3 is 0 Å². The lowest BCUT2D eigenvalue weighted by atomic mass is 9.95. The van der Waals surface area contributed by atoms with Crippen molar-refractivity contribution in [3.8, 4) is 5.75 Å². The number of hydrogen-bond donors (Lipinski definition) is 1. The lowest BCUT2D eigenvalue weighted by Gasteiger charge is -2.15. The van der Waals surface area contributed by atoms with Gasteiger partial charge in [-0.15, -0.1) is 12.4 Å². The van der Waals surface area contributed by atoms with E-state index < -0.39 is 0 Å². The van der Waals surface area contributed by atoms with E-state index in [1.807, 2.05) is 18.2 Å². The fraction of sp³-hybridized carbons (Fsp3) is 0.353. The van der Waals surface area contributed by atoms with Crippen LogP contribution in [0.2, 0.25) is 0 Å². The van der Waals surface area contributed by atoms with Gasteiger partial charge in [-0.1, -0.05) is 30.3 Å². The molecular weight excluding hydrogens is 316 g/mol. The number of methoxy groups -OCH3 is 1. The van der Waals surface area contributed by atoms with Crippen molar-refractivity contribution in [2.75, 3.05) is 20.2 Å². The minimum absolute atomic E-state index is 0. The van der Waals surface area contributed by atoms with Crippen LogP contribution in [0.15, 0.2) is 51.9 Å². The van der Waals surface area contributed by atoms with Crippen LogP contribution >= 0.6 is 12.4 Å². The molecule has 1 fully saturated rings. The number of rotatable bonds is 4. The Balaban J connectivity index is 0.00000192. The summed E-state index contributed by atoms with van der Waals surface area (Å²) in [4.78, 5) is 14.0. The molecule has 1 saturated heterocycles. The molecule has 0 radical (unpaired) electrons. The van der Waals surface area contributed by atoms with E-state index in [1.54, 1.807) is 0 Å². The largest absolute Gasteiger partial charge is 0.490 e. The summed E-state index contributed by atoms with van der Waals surface area (Å²) in [6.45, 7) is 2.23. The molecule has 23 heavy (non-hydrogen) atoms. The third kappa shape index (κ3) is 3.93. The molecule has 2 heterocycles. The first-order chi connectivity index (χ1) is 10.7. The SMILES string of the molecule is COc1coc(CN2C[C@@H](N)[C@H](c3ccccc3)C2)cc1=O.Cl.